The average Bonchev–Trinajstić information content (AvgIpc) is 3.17. The van der Waals surface area contributed by atoms with E-state index >= 15 is 0 Å². The summed E-state index contributed by atoms with van der Waals surface area (Å²) >= 11 is 0. The van der Waals surface area contributed by atoms with Gasteiger partial charge >= 0.3 is 5.97 Å². The van der Waals surface area contributed by atoms with Crippen molar-refractivity contribution in [1.29, 1.82) is 0 Å². The van der Waals surface area contributed by atoms with Gasteiger partial charge in [-0.1, -0.05) is 12.1 Å². The van der Waals surface area contributed by atoms with Crippen molar-refractivity contribution in [1.82, 2.24) is 4.98 Å². The van der Waals surface area contributed by atoms with Crippen LogP contribution in [0.5, 0.6) is 11.5 Å². The molecular formula is C23H22N2O5. The zero-order chi connectivity index (χ0) is 20.9. The fraction of sp³-hybridized carbons (Fsp3) is 0.217. The molecule has 0 bridgehead atoms. The minimum atomic E-state index is -1.01. The first-order valence-electron chi connectivity index (χ1n) is 9.71. The molecule has 5 rings (SSSR count). The Morgan fingerprint density at radius 3 is 2.60 bits per heavy atom. The quantitative estimate of drug-likeness (QED) is 0.585. The van der Waals surface area contributed by atoms with Crippen LogP contribution in [0.4, 0.5) is 5.69 Å². The van der Waals surface area contributed by atoms with Gasteiger partial charge in [0.15, 0.2) is 11.5 Å². The van der Waals surface area contributed by atoms with Crippen molar-refractivity contribution in [2.24, 2.45) is 0 Å². The molecule has 2 heterocycles. The van der Waals surface area contributed by atoms with Crippen LogP contribution >= 0.6 is 0 Å². The van der Waals surface area contributed by atoms with Crippen molar-refractivity contribution in [3.05, 3.63) is 65.4 Å². The molecule has 30 heavy (non-hydrogen) atoms. The molecule has 2 aliphatic rings. The summed E-state index contributed by atoms with van der Waals surface area (Å²) in [7, 11) is 0. The van der Waals surface area contributed by atoms with E-state index in [1.54, 1.807) is 6.07 Å². The van der Waals surface area contributed by atoms with Crippen molar-refractivity contribution in [2.45, 2.75) is 25.2 Å². The Balaban J connectivity index is 0.00000231. The minimum Gasteiger partial charge on any atom is -0.477 e. The molecule has 1 amide bonds. The monoisotopic (exact) mass is 406 g/mol. The molecule has 2 aromatic carbocycles. The van der Waals surface area contributed by atoms with Crippen LogP contribution in [-0.4, -0.2) is 28.8 Å². The number of hydrogen-bond donors (Lipinski definition) is 3. The molecule has 1 aromatic heterocycles. The highest BCUT2D eigenvalue weighted by molar-refractivity contribution is 6.02. The molecule has 0 unspecified atom stereocenters. The first kappa shape index (κ1) is 18.3. The molecule has 154 valence electrons. The largest absolute Gasteiger partial charge is 0.477 e. The SMILES string of the molecule is Cc1ccc(NC(=O)C2(c3ccc4c(c3)OCO4)CC2)cc1-c1ccc(C(=O)O)[nH]1.[HH]. The second-order valence-corrected chi connectivity index (χ2v) is 7.72. The number of nitrogens with one attached hydrogen (secondary N) is 2. The highest BCUT2D eigenvalue weighted by atomic mass is 16.7. The molecule has 0 spiro atoms. The van der Waals surface area contributed by atoms with Gasteiger partial charge in [-0.2, -0.15) is 0 Å². The van der Waals surface area contributed by atoms with Crippen molar-refractivity contribution in [3.63, 3.8) is 0 Å². The molecule has 3 aromatic rings. The summed E-state index contributed by atoms with van der Waals surface area (Å²) in [6, 6.07) is 14.5. The molecule has 1 saturated carbocycles. The van der Waals surface area contributed by atoms with E-state index in [2.05, 4.69) is 10.3 Å². The number of fused-ring (bicyclic) bond motifs is 1. The zero-order valence-corrected chi connectivity index (χ0v) is 16.3. The number of carboxylic acid groups (broad SMARTS) is 1. The number of H-pyrrole nitrogens is 1. The van der Waals surface area contributed by atoms with Crippen molar-refractivity contribution < 1.29 is 25.6 Å². The summed E-state index contributed by atoms with van der Waals surface area (Å²) < 4.78 is 10.8. The summed E-state index contributed by atoms with van der Waals surface area (Å²) in [6.07, 6.45) is 1.55. The second-order valence-electron chi connectivity index (χ2n) is 7.72. The van der Waals surface area contributed by atoms with Gasteiger partial charge in [0.2, 0.25) is 12.7 Å². The van der Waals surface area contributed by atoms with Crippen LogP contribution in [0.25, 0.3) is 11.3 Å². The number of hydrogen-bond acceptors (Lipinski definition) is 4. The standard InChI is InChI=1S/C23H20N2O5.H2/c1-13-2-4-15(11-16(13)17-5-6-18(25-17)21(26)27)24-22(28)23(8-9-23)14-3-7-19-20(10-14)30-12-29-19;/h2-7,10-11,25H,8-9,12H2,1H3,(H,24,28)(H,26,27);1H. The normalized spacial score (nSPS) is 15.6. The summed E-state index contributed by atoms with van der Waals surface area (Å²) in [5.41, 5.74) is 3.66. The van der Waals surface area contributed by atoms with Gasteiger partial charge in [0.1, 0.15) is 5.69 Å². The molecule has 3 N–H and O–H groups in total. The molecule has 1 aliphatic carbocycles. The number of benzene rings is 2. The van der Waals surface area contributed by atoms with Gasteiger partial charge in [-0.15, -0.1) is 0 Å². The number of aromatic carboxylic acids is 1. The molecule has 7 nitrogen and oxygen atoms in total. The number of rotatable bonds is 5. The van der Waals surface area contributed by atoms with Crippen LogP contribution in [0.1, 0.15) is 35.9 Å². The fourth-order valence-corrected chi connectivity index (χ4v) is 3.88. The molecule has 0 atom stereocenters. The van der Waals surface area contributed by atoms with Gasteiger partial charge in [-0.05, 0) is 67.3 Å². The first-order valence-corrected chi connectivity index (χ1v) is 9.71. The molecule has 1 fully saturated rings. The smallest absolute Gasteiger partial charge is 0.352 e. The Kier molecular flexibility index (Phi) is 4.06. The lowest BCUT2D eigenvalue weighted by molar-refractivity contribution is -0.118. The lowest BCUT2D eigenvalue weighted by Gasteiger charge is -2.17. The predicted octanol–water partition coefficient (Wildman–Crippen LogP) is 4.33. The van der Waals surface area contributed by atoms with Gasteiger partial charge in [-0.3, -0.25) is 4.79 Å². The van der Waals surface area contributed by atoms with Gasteiger partial charge in [-0.25, -0.2) is 4.79 Å². The highest BCUT2D eigenvalue weighted by Crippen LogP contribution is 2.51. The third kappa shape index (κ3) is 2.99. The summed E-state index contributed by atoms with van der Waals surface area (Å²) in [5.74, 6) is 0.298. The van der Waals surface area contributed by atoms with E-state index in [4.69, 9.17) is 14.6 Å². The van der Waals surface area contributed by atoms with Crippen LogP contribution < -0.4 is 14.8 Å². The van der Waals surface area contributed by atoms with Crippen LogP contribution in [0.2, 0.25) is 0 Å². The molecule has 0 radical (unpaired) electrons. The van der Waals surface area contributed by atoms with Gasteiger partial charge in [0.25, 0.3) is 0 Å². The van der Waals surface area contributed by atoms with Crippen molar-refractivity contribution in [2.75, 3.05) is 12.1 Å². The number of aromatic amines is 1. The average molecular weight is 406 g/mol. The van der Waals surface area contributed by atoms with Crippen LogP contribution in [0.3, 0.4) is 0 Å². The number of amides is 1. The van der Waals surface area contributed by atoms with E-state index in [0.717, 1.165) is 29.5 Å². The highest BCUT2D eigenvalue weighted by Gasteiger charge is 2.51. The predicted molar refractivity (Wildman–Crippen MR) is 112 cm³/mol. The summed E-state index contributed by atoms with van der Waals surface area (Å²) in [6.45, 7) is 2.14. The van der Waals surface area contributed by atoms with Crippen LogP contribution in [0, 0.1) is 6.92 Å². The third-order valence-electron chi connectivity index (χ3n) is 5.81. The lowest BCUT2D eigenvalue weighted by Crippen LogP contribution is -2.27. The van der Waals surface area contributed by atoms with Crippen LogP contribution in [-0.2, 0) is 10.2 Å². The first-order chi connectivity index (χ1) is 14.5. The Morgan fingerprint density at radius 2 is 1.87 bits per heavy atom. The Hall–Kier alpha value is -3.74. The molecule has 0 saturated heterocycles. The minimum absolute atomic E-state index is 0. The number of carboxylic acids is 1. The van der Waals surface area contributed by atoms with E-state index in [9.17, 15) is 9.59 Å². The van der Waals surface area contributed by atoms with Crippen molar-refractivity contribution in [3.8, 4) is 22.8 Å². The number of ether oxygens (including phenoxy) is 2. The topological polar surface area (TPSA) is 101 Å². The van der Waals surface area contributed by atoms with E-state index in [1.165, 1.54) is 6.07 Å². The molecular weight excluding hydrogens is 384 g/mol. The second kappa shape index (κ2) is 6.66. The number of aryl methyl sites for hydroxylation is 1. The number of aromatic nitrogens is 1. The van der Waals surface area contributed by atoms with Crippen LogP contribution in [0.15, 0.2) is 48.5 Å². The Labute approximate surface area is 174 Å². The van der Waals surface area contributed by atoms with E-state index < -0.39 is 11.4 Å². The molecule has 7 heteroatoms. The van der Waals surface area contributed by atoms with Gasteiger partial charge in [0.05, 0.1) is 5.41 Å². The van der Waals surface area contributed by atoms with E-state index in [0.29, 0.717) is 22.9 Å². The van der Waals surface area contributed by atoms with Gasteiger partial charge < -0.3 is 24.9 Å². The summed E-state index contributed by atoms with van der Waals surface area (Å²) in [4.78, 5) is 27.2. The van der Waals surface area contributed by atoms with E-state index in [-0.39, 0.29) is 19.8 Å². The maximum Gasteiger partial charge on any atom is 0.352 e. The Bertz CT molecular complexity index is 1180. The molecule has 1 aliphatic heterocycles. The number of carbonyl (C=O) groups is 2. The van der Waals surface area contributed by atoms with E-state index in [1.807, 2.05) is 43.3 Å². The van der Waals surface area contributed by atoms with Crippen molar-refractivity contribution >= 4 is 17.6 Å². The third-order valence-corrected chi connectivity index (χ3v) is 5.81. The maximum atomic E-state index is 13.2. The van der Waals surface area contributed by atoms with Gasteiger partial charge in [0, 0.05) is 18.4 Å². The number of anilines is 1. The Morgan fingerprint density at radius 1 is 1.07 bits per heavy atom. The lowest BCUT2D eigenvalue weighted by atomic mass is 9.94. The summed E-state index contributed by atoms with van der Waals surface area (Å²) in [5, 5.41) is 12.2. The number of carbonyl (C=O) groups excluding carboxylic acids is 1. The zero-order valence-electron chi connectivity index (χ0n) is 16.3. The maximum absolute atomic E-state index is 13.2. The fourth-order valence-electron chi connectivity index (χ4n) is 3.88.